The van der Waals surface area contributed by atoms with Gasteiger partial charge in [0.25, 0.3) is 0 Å². The molecule has 1 aromatic carbocycles. The molecule has 0 saturated carbocycles. The minimum atomic E-state index is -0.201. The molecule has 16 heavy (non-hydrogen) atoms. The van der Waals surface area contributed by atoms with E-state index in [0.29, 0.717) is 0 Å². The minimum absolute atomic E-state index is 0.201. The van der Waals surface area contributed by atoms with E-state index in [4.69, 9.17) is 0 Å². The molecule has 1 nitrogen and oxygen atoms in total. The van der Waals surface area contributed by atoms with Crippen molar-refractivity contribution >= 4 is 15.9 Å². The lowest BCUT2D eigenvalue weighted by Crippen LogP contribution is -2.06. The Labute approximate surface area is 105 Å². The van der Waals surface area contributed by atoms with Crippen LogP contribution in [0.5, 0.6) is 0 Å². The largest absolute Gasteiger partial charge is 0.319 e. The molecule has 0 amide bonds. The average Bonchev–Trinajstić information content (AvgIpc) is 2.23. The first-order chi connectivity index (χ1) is 7.63. The summed E-state index contributed by atoms with van der Waals surface area (Å²) in [7, 11) is 1.94. The first kappa shape index (κ1) is 13.4. The van der Waals surface area contributed by atoms with Crippen LogP contribution >= 0.6 is 15.9 Å². The molecule has 0 unspecified atom stereocenters. The number of hydrogen-bond acceptors (Lipinski definition) is 1. The van der Waals surface area contributed by atoms with Gasteiger partial charge in [-0.2, -0.15) is 0 Å². The Morgan fingerprint density at radius 1 is 1.50 bits per heavy atom. The quantitative estimate of drug-likeness (QED) is 0.643. The highest BCUT2D eigenvalue weighted by molar-refractivity contribution is 9.10. The molecule has 3 heteroatoms. The highest BCUT2D eigenvalue weighted by Gasteiger charge is 2.02. The maximum absolute atomic E-state index is 12.9. The van der Waals surface area contributed by atoms with Crippen molar-refractivity contribution in [2.75, 3.05) is 13.6 Å². The highest BCUT2D eigenvalue weighted by atomic mass is 79.9. The molecule has 0 atom stereocenters. The fourth-order valence-corrected chi connectivity index (χ4v) is 1.99. The standard InChI is InChI=1S/C13H17BrFN/c1-10(4-3-7-16-2)8-11-5-6-12(15)9-13(11)14/h4-6,9,16H,3,7-8H2,1-2H3. The Morgan fingerprint density at radius 2 is 2.25 bits per heavy atom. The Morgan fingerprint density at radius 3 is 2.88 bits per heavy atom. The van der Waals surface area contributed by atoms with Crippen LogP contribution in [0.1, 0.15) is 18.9 Å². The summed E-state index contributed by atoms with van der Waals surface area (Å²) in [4.78, 5) is 0. The van der Waals surface area contributed by atoms with E-state index in [1.807, 2.05) is 13.1 Å². The number of allylic oxidation sites excluding steroid dienone is 1. The second kappa shape index (κ2) is 6.81. The van der Waals surface area contributed by atoms with Gasteiger partial charge in [0.05, 0.1) is 0 Å². The van der Waals surface area contributed by atoms with Crippen LogP contribution in [-0.4, -0.2) is 13.6 Å². The molecule has 0 aromatic heterocycles. The third-order valence-corrected chi connectivity index (χ3v) is 3.11. The normalized spacial score (nSPS) is 11.9. The first-order valence-corrected chi connectivity index (χ1v) is 6.17. The van der Waals surface area contributed by atoms with Gasteiger partial charge in [-0.3, -0.25) is 0 Å². The van der Waals surface area contributed by atoms with Gasteiger partial charge in [-0.15, -0.1) is 0 Å². The SMILES string of the molecule is CNCCC=C(C)Cc1ccc(F)cc1Br. The van der Waals surface area contributed by atoms with Crippen LogP contribution in [0.15, 0.2) is 34.3 Å². The second-order valence-corrected chi connectivity index (χ2v) is 4.71. The van der Waals surface area contributed by atoms with Crippen molar-refractivity contribution in [1.82, 2.24) is 5.32 Å². The molecule has 0 aliphatic rings. The maximum atomic E-state index is 12.9. The zero-order chi connectivity index (χ0) is 12.0. The van der Waals surface area contributed by atoms with E-state index < -0.39 is 0 Å². The van der Waals surface area contributed by atoms with E-state index >= 15 is 0 Å². The van der Waals surface area contributed by atoms with Gasteiger partial charge in [0, 0.05) is 4.47 Å². The van der Waals surface area contributed by atoms with E-state index in [0.717, 1.165) is 29.4 Å². The zero-order valence-electron chi connectivity index (χ0n) is 9.69. The lowest BCUT2D eigenvalue weighted by molar-refractivity contribution is 0.626. The van der Waals surface area contributed by atoms with Gasteiger partial charge >= 0.3 is 0 Å². The van der Waals surface area contributed by atoms with Crippen molar-refractivity contribution in [3.05, 3.63) is 45.7 Å². The molecule has 0 radical (unpaired) electrons. The maximum Gasteiger partial charge on any atom is 0.124 e. The lowest BCUT2D eigenvalue weighted by atomic mass is 10.1. The van der Waals surface area contributed by atoms with E-state index in [9.17, 15) is 4.39 Å². The molecule has 0 aliphatic heterocycles. The molecule has 1 rings (SSSR count). The van der Waals surface area contributed by atoms with Crippen molar-refractivity contribution in [1.29, 1.82) is 0 Å². The van der Waals surface area contributed by atoms with Gasteiger partial charge in [0.1, 0.15) is 5.82 Å². The molecule has 0 bridgehead atoms. The number of halogens is 2. The number of nitrogens with one attached hydrogen (secondary N) is 1. The molecule has 0 saturated heterocycles. The summed E-state index contributed by atoms with van der Waals surface area (Å²) in [6.07, 6.45) is 4.11. The van der Waals surface area contributed by atoms with Crippen LogP contribution in [0.4, 0.5) is 4.39 Å². The van der Waals surface area contributed by atoms with Crippen LogP contribution in [0.25, 0.3) is 0 Å². The van der Waals surface area contributed by atoms with Gasteiger partial charge in [-0.05, 0) is 51.1 Å². The Hall–Kier alpha value is -0.670. The van der Waals surface area contributed by atoms with Crippen molar-refractivity contribution in [3.63, 3.8) is 0 Å². The van der Waals surface area contributed by atoms with Gasteiger partial charge in [0.2, 0.25) is 0 Å². The summed E-state index contributed by atoms with van der Waals surface area (Å²) < 4.78 is 13.7. The van der Waals surface area contributed by atoms with Crippen LogP contribution in [0.2, 0.25) is 0 Å². The smallest absolute Gasteiger partial charge is 0.124 e. The number of hydrogen-bond donors (Lipinski definition) is 1. The number of rotatable bonds is 5. The van der Waals surface area contributed by atoms with Gasteiger partial charge in [-0.1, -0.05) is 33.6 Å². The van der Waals surface area contributed by atoms with E-state index in [2.05, 4.69) is 34.2 Å². The topological polar surface area (TPSA) is 12.0 Å². The molecule has 0 heterocycles. The van der Waals surface area contributed by atoms with Crippen molar-refractivity contribution in [3.8, 4) is 0 Å². The Balaban J connectivity index is 2.62. The summed E-state index contributed by atoms with van der Waals surface area (Å²) in [5.74, 6) is -0.201. The van der Waals surface area contributed by atoms with Crippen LogP contribution in [0.3, 0.4) is 0 Å². The summed E-state index contributed by atoms with van der Waals surface area (Å²) in [5, 5.41) is 3.10. The highest BCUT2D eigenvalue weighted by Crippen LogP contribution is 2.20. The minimum Gasteiger partial charge on any atom is -0.319 e. The van der Waals surface area contributed by atoms with Crippen molar-refractivity contribution in [2.45, 2.75) is 19.8 Å². The fourth-order valence-electron chi connectivity index (χ4n) is 1.50. The predicted molar refractivity (Wildman–Crippen MR) is 70.1 cm³/mol. The molecule has 0 aliphatic carbocycles. The lowest BCUT2D eigenvalue weighted by Gasteiger charge is -2.05. The van der Waals surface area contributed by atoms with E-state index in [-0.39, 0.29) is 5.82 Å². The van der Waals surface area contributed by atoms with Crippen molar-refractivity contribution < 1.29 is 4.39 Å². The molecule has 0 spiro atoms. The second-order valence-electron chi connectivity index (χ2n) is 3.86. The van der Waals surface area contributed by atoms with Crippen LogP contribution < -0.4 is 5.32 Å². The summed E-state index contributed by atoms with van der Waals surface area (Å²) in [6, 6.07) is 4.84. The predicted octanol–water partition coefficient (Wildman–Crippen LogP) is 3.69. The fraction of sp³-hybridized carbons (Fsp3) is 0.385. The zero-order valence-corrected chi connectivity index (χ0v) is 11.3. The molecular weight excluding hydrogens is 269 g/mol. The molecular formula is C13H17BrFN. The average molecular weight is 286 g/mol. The van der Waals surface area contributed by atoms with Crippen molar-refractivity contribution in [2.24, 2.45) is 0 Å². The van der Waals surface area contributed by atoms with Crippen LogP contribution in [0, 0.1) is 5.82 Å². The molecule has 0 fully saturated rings. The summed E-state index contributed by atoms with van der Waals surface area (Å²) in [5.41, 5.74) is 2.43. The monoisotopic (exact) mass is 285 g/mol. The van der Waals surface area contributed by atoms with Gasteiger partial charge < -0.3 is 5.32 Å². The van der Waals surface area contributed by atoms with Gasteiger partial charge in [-0.25, -0.2) is 4.39 Å². The Bertz CT molecular complexity index is 374. The third-order valence-electron chi connectivity index (χ3n) is 2.37. The Kier molecular flexibility index (Phi) is 5.71. The van der Waals surface area contributed by atoms with Gasteiger partial charge in [0.15, 0.2) is 0 Å². The molecule has 1 aromatic rings. The first-order valence-electron chi connectivity index (χ1n) is 5.37. The summed E-state index contributed by atoms with van der Waals surface area (Å²) in [6.45, 7) is 3.09. The van der Waals surface area contributed by atoms with E-state index in [1.54, 1.807) is 0 Å². The third kappa shape index (κ3) is 4.45. The molecule has 1 N–H and O–H groups in total. The van der Waals surface area contributed by atoms with Crippen LogP contribution in [-0.2, 0) is 6.42 Å². The number of benzene rings is 1. The summed E-state index contributed by atoms with van der Waals surface area (Å²) >= 11 is 3.38. The molecule has 88 valence electrons. The van der Waals surface area contributed by atoms with E-state index in [1.165, 1.54) is 17.7 Å².